The molecular weight excluding hydrogens is 344 g/mol. The average Bonchev–Trinajstić information content (AvgIpc) is 3.02. The van der Waals surface area contributed by atoms with Gasteiger partial charge in [0.15, 0.2) is 0 Å². The van der Waals surface area contributed by atoms with E-state index in [-0.39, 0.29) is 5.91 Å². The quantitative estimate of drug-likeness (QED) is 0.750. The number of methoxy groups -OCH3 is 1. The van der Waals surface area contributed by atoms with E-state index < -0.39 is 22.0 Å². The van der Waals surface area contributed by atoms with E-state index in [2.05, 4.69) is 0 Å². The molecule has 1 amide bonds. The maximum absolute atomic E-state index is 13.0. The molecule has 1 saturated heterocycles. The molecule has 3 rings (SSSR count). The lowest BCUT2D eigenvalue weighted by molar-refractivity contribution is -0.123. The number of carbonyl (C=O) groups is 2. The minimum atomic E-state index is -3.42. The molecule has 0 radical (unpaired) electrons. The molecule has 1 fully saturated rings. The van der Waals surface area contributed by atoms with Crippen molar-refractivity contribution in [1.82, 2.24) is 4.31 Å². The molecule has 0 spiro atoms. The number of benzene rings is 1. The number of ether oxygens (including phenoxy) is 1. The number of hydrogen-bond donors (Lipinski definition) is 0. The van der Waals surface area contributed by atoms with Gasteiger partial charge in [0.05, 0.1) is 18.9 Å². The molecule has 2 aliphatic heterocycles. The number of hydrogen-bond acceptors (Lipinski definition) is 5. The van der Waals surface area contributed by atoms with Gasteiger partial charge in [-0.15, -0.1) is 0 Å². The fraction of sp³-hybridized carbons (Fsp3) is 0.529. The van der Waals surface area contributed by atoms with Crippen molar-refractivity contribution in [3.05, 3.63) is 29.3 Å². The Balaban J connectivity index is 1.87. The zero-order valence-corrected chi connectivity index (χ0v) is 15.2. The van der Waals surface area contributed by atoms with Crippen molar-refractivity contribution in [3.63, 3.8) is 0 Å². The molecule has 2 heterocycles. The standard InChI is InChI=1S/C17H22N2O5S/c1-24-17(21)13-6-7-14-12(11-13)8-10-18(14)16(20)15-5-3-4-9-19(15)25(2,22)23/h6-7,11,15H,3-5,8-10H2,1-2H3. The summed E-state index contributed by atoms with van der Waals surface area (Å²) in [4.78, 5) is 26.3. The lowest BCUT2D eigenvalue weighted by Gasteiger charge is -2.35. The topological polar surface area (TPSA) is 84.0 Å². The van der Waals surface area contributed by atoms with Gasteiger partial charge in [-0.1, -0.05) is 6.42 Å². The highest BCUT2D eigenvalue weighted by Crippen LogP contribution is 2.32. The second-order valence-electron chi connectivity index (χ2n) is 6.46. The Kier molecular flexibility index (Phi) is 4.83. The predicted octanol–water partition coefficient (Wildman–Crippen LogP) is 1.18. The first-order valence-corrected chi connectivity index (χ1v) is 10.2. The SMILES string of the molecule is COC(=O)c1ccc2c(c1)CCN2C(=O)C1CCCCN1S(C)(=O)=O. The Bertz CT molecular complexity index is 805. The molecule has 1 unspecified atom stereocenters. The van der Waals surface area contributed by atoms with E-state index in [0.717, 1.165) is 30.3 Å². The lowest BCUT2D eigenvalue weighted by Crippen LogP contribution is -2.52. The van der Waals surface area contributed by atoms with Crippen molar-refractivity contribution in [2.75, 3.05) is 31.4 Å². The van der Waals surface area contributed by atoms with Crippen LogP contribution in [-0.2, 0) is 26.0 Å². The predicted molar refractivity (Wildman–Crippen MR) is 93.0 cm³/mol. The second-order valence-corrected chi connectivity index (χ2v) is 8.40. The van der Waals surface area contributed by atoms with Crippen LogP contribution in [0.4, 0.5) is 5.69 Å². The highest BCUT2D eigenvalue weighted by Gasteiger charge is 2.38. The van der Waals surface area contributed by atoms with Gasteiger partial charge in [0, 0.05) is 18.8 Å². The van der Waals surface area contributed by atoms with E-state index in [9.17, 15) is 18.0 Å². The Morgan fingerprint density at radius 1 is 1.20 bits per heavy atom. The van der Waals surface area contributed by atoms with E-state index in [1.807, 2.05) is 0 Å². The third-order valence-corrected chi connectivity index (χ3v) is 6.12. The maximum atomic E-state index is 13.0. The van der Waals surface area contributed by atoms with E-state index >= 15 is 0 Å². The van der Waals surface area contributed by atoms with Crippen molar-refractivity contribution >= 4 is 27.6 Å². The van der Waals surface area contributed by atoms with Crippen LogP contribution in [0.2, 0.25) is 0 Å². The van der Waals surface area contributed by atoms with Crippen LogP contribution in [0.5, 0.6) is 0 Å². The van der Waals surface area contributed by atoms with Crippen molar-refractivity contribution in [1.29, 1.82) is 0 Å². The van der Waals surface area contributed by atoms with Crippen molar-refractivity contribution in [2.24, 2.45) is 0 Å². The van der Waals surface area contributed by atoms with Gasteiger partial charge < -0.3 is 9.64 Å². The fourth-order valence-corrected chi connectivity index (χ4v) is 4.72. The van der Waals surface area contributed by atoms with E-state index in [1.54, 1.807) is 23.1 Å². The van der Waals surface area contributed by atoms with Crippen LogP contribution in [0.25, 0.3) is 0 Å². The zero-order valence-electron chi connectivity index (χ0n) is 14.4. The number of anilines is 1. The summed E-state index contributed by atoms with van der Waals surface area (Å²) in [5.41, 5.74) is 2.10. The second kappa shape index (κ2) is 6.76. The van der Waals surface area contributed by atoms with Gasteiger partial charge in [-0.2, -0.15) is 4.31 Å². The van der Waals surface area contributed by atoms with Gasteiger partial charge in [-0.25, -0.2) is 13.2 Å². The first kappa shape index (κ1) is 17.9. The average molecular weight is 366 g/mol. The Morgan fingerprint density at radius 2 is 1.96 bits per heavy atom. The van der Waals surface area contributed by atoms with Crippen molar-refractivity contribution in [3.8, 4) is 0 Å². The molecule has 0 aliphatic carbocycles. The van der Waals surface area contributed by atoms with Crippen LogP contribution >= 0.6 is 0 Å². The molecule has 25 heavy (non-hydrogen) atoms. The van der Waals surface area contributed by atoms with Gasteiger partial charge in [0.25, 0.3) is 0 Å². The summed E-state index contributed by atoms with van der Waals surface area (Å²) < 4.78 is 30.1. The first-order chi connectivity index (χ1) is 11.8. The third-order valence-electron chi connectivity index (χ3n) is 4.83. The lowest BCUT2D eigenvalue weighted by atomic mass is 10.0. The van der Waals surface area contributed by atoms with Gasteiger partial charge in [-0.05, 0) is 43.0 Å². The largest absolute Gasteiger partial charge is 0.465 e. The van der Waals surface area contributed by atoms with Crippen LogP contribution in [0.1, 0.15) is 35.2 Å². The number of sulfonamides is 1. The maximum Gasteiger partial charge on any atom is 0.337 e. The Morgan fingerprint density at radius 3 is 2.64 bits per heavy atom. The normalized spacial score (nSPS) is 21.0. The summed E-state index contributed by atoms with van der Waals surface area (Å²) in [6, 6.07) is 4.46. The third kappa shape index (κ3) is 3.41. The summed E-state index contributed by atoms with van der Waals surface area (Å²) in [5.74, 6) is -0.599. The van der Waals surface area contributed by atoms with Gasteiger partial charge in [0.2, 0.25) is 15.9 Å². The molecule has 136 valence electrons. The molecule has 0 bridgehead atoms. The fourth-order valence-electron chi connectivity index (χ4n) is 3.60. The summed E-state index contributed by atoms with van der Waals surface area (Å²) in [7, 11) is -2.10. The van der Waals surface area contributed by atoms with Gasteiger partial charge in [-0.3, -0.25) is 4.79 Å². The molecule has 1 aromatic carbocycles. The van der Waals surface area contributed by atoms with Gasteiger partial charge in [0.1, 0.15) is 6.04 Å². The van der Waals surface area contributed by atoms with E-state index in [1.165, 1.54) is 11.4 Å². The first-order valence-electron chi connectivity index (χ1n) is 8.32. The molecular formula is C17H22N2O5S. The smallest absolute Gasteiger partial charge is 0.337 e. The van der Waals surface area contributed by atoms with Crippen molar-refractivity contribution in [2.45, 2.75) is 31.7 Å². The van der Waals surface area contributed by atoms with Crippen molar-refractivity contribution < 1.29 is 22.7 Å². The molecule has 7 nitrogen and oxygen atoms in total. The summed E-state index contributed by atoms with van der Waals surface area (Å²) >= 11 is 0. The minimum absolute atomic E-state index is 0.185. The molecule has 1 aromatic rings. The van der Waals surface area contributed by atoms with E-state index in [4.69, 9.17) is 4.74 Å². The van der Waals surface area contributed by atoms with Crippen LogP contribution in [0, 0.1) is 0 Å². The molecule has 8 heteroatoms. The number of nitrogens with zero attached hydrogens (tertiary/aromatic N) is 2. The van der Waals surface area contributed by atoms with Crippen LogP contribution < -0.4 is 4.90 Å². The van der Waals surface area contributed by atoms with E-state index in [0.29, 0.717) is 31.5 Å². The number of rotatable bonds is 3. The summed E-state index contributed by atoms with van der Waals surface area (Å²) in [6.45, 7) is 0.879. The Hall–Kier alpha value is -1.93. The Labute approximate surface area is 147 Å². The monoisotopic (exact) mass is 366 g/mol. The highest BCUT2D eigenvalue weighted by atomic mass is 32.2. The molecule has 2 aliphatic rings. The molecule has 0 N–H and O–H groups in total. The number of esters is 1. The molecule has 0 saturated carbocycles. The number of carbonyl (C=O) groups excluding carboxylic acids is 2. The summed E-state index contributed by atoms with van der Waals surface area (Å²) in [5, 5.41) is 0. The van der Waals surface area contributed by atoms with Crippen LogP contribution in [0.3, 0.4) is 0 Å². The zero-order chi connectivity index (χ0) is 18.2. The number of fused-ring (bicyclic) bond motifs is 1. The molecule has 1 atom stereocenters. The van der Waals surface area contributed by atoms with Gasteiger partial charge >= 0.3 is 5.97 Å². The molecule has 0 aromatic heterocycles. The summed E-state index contributed by atoms with van der Waals surface area (Å²) in [6.07, 6.45) is 3.94. The minimum Gasteiger partial charge on any atom is -0.465 e. The highest BCUT2D eigenvalue weighted by molar-refractivity contribution is 7.88. The number of amides is 1. The van der Waals surface area contributed by atoms with Crippen LogP contribution in [-0.4, -0.2) is 57.1 Å². The number of piperidine rings is 1. The van der Waals surface area contributed by atoms with Crippen LogP contribution in [0.15, 0.2) is 18.2 Å².